The summed E-state index contributed by atoms with van der Waals surface area (Å²) in [6, 6.07) is 7.05. The first-order chi connectivity index (χ1) is 9.13. The van der Waals surface area contributed by atoms with Gasteiger partial charge in [-0.05, 0) is 60.5 Å². The van der Waals surface area contributed by atoms with Gasteiger partial charge in [-0.15, -0.1) is 0 Å². The molecule has 0 heterocycles. The number of alkyl halides is 1. The van der Waals surface area contributed by atoms with Crippen LogP contribution in [0.2, 0.25) is 0 Å². The van der Waals surface area contributed by atoms with Crippen molar-refractivity contribution in [3.8, 4) is 5.75 Å². The first-order valence-corrected chi connectivity index (χ1v) is 7.44. The number of ether oxygens (including phenoxy) is 2. The molecule has 0 spiro atoms. The number of hydrogen-bond donors (Lipinski definition) is 1. The van der Waals surface area contributed by atoms with Crippen LogP contribution in [0, 0.1) is 0 Å². The molecule has 0 bridgehead atoms. The van der Waals surface area contributed by atoms with Crippen molar-refractivity contribution in [1.29, 1.82) is 0 Å². The number of halogens is 1. The predicted octanol–water partition coefficient (Wildman–Crippen LogP) is 2.96. The van der Waals surface area contributed by atoms with E-state index in [1.165, 1.54) is 0 Å². The minimum absolute atomic E-state index is 0.0741. The summed E-state index contributed by atoms with van der Waals surface area (Å²) in [5.74, 6) is 0.661. The Kier molecular flexibility index (Phi) is 7.52. The van der Waals surface area contributed by atoms with Crippen LogP contribution in [-0.4, -0.2) is 30.7 Å². The average Bonchev–Trinajstić information content (AvgIpc) is 2.39. The molecule has 106 valence electrons. The molecule has 0 unspecified atom stereocenters. The maximum atomic E-state index is 11.8. The molecule has 4 nitrogen and oxygen atoms in total. The monoisotopic (exact) mass is 329 g/mol. The summed E-state index contributed by atoms with van der Waals surface area (Å²) in [6.07, 6.45) is 1.05. The van der Waals surface area contributed by atoms with Crippen LogP contribution in [0.3, 0.4) is 0 Å². The first-order valence-electron chi connectivity index (χ1n) is 6.32. The largest absolute Gasteiger partial charge is 0.482 e. The third-order valence-electron chi connectivity index (χ3n) is 2.40. The van der Waals surface area contributed by atoms with E-state index in [4.69, 9.17) is 9.47 Å². The van der Waals surface area contributed by atoms with Crippen LogP contribution in [0.1, 0.15) is 30.6 Å². The second-order valence-electron chi connectivity index (χ2n) is 4.31. The number of nitrogens with one attached hydrogen (secondary N) is 1. The van der Waals surface area contributed by atoms with Crippen molar-refractivity contribution in [2.45, 2.75) is 26.4 Å². The molecule has 5 heteroatoms. The van der Waals surface area contributed by atoms with Crippen molar-refractivity contribution < 1.29 is 14.3 Å². The zero-order chi connectivity index (χ0) is 14.1. The first kappa shape index (κ1) is 16.0. The van der Waals surface area contributed by atoms with Gasteiger partial charge >= 0.3 is 0 Å². The smallest absolute Gasteiger partial charge is 0.251 e. The molecular weight excluding hydrogens is 310 g/mol. The molecule has 1 aromatic carbocycles. The molecule has 0 saturated heterocycles. The Balaban J connectivity index is 2.29. The quantitative estimate of drug-likeness (QED) is 0.589. The van der Waals surface area contributed by atoms with E-state index < -0.39 is 0 Å². The van der Waals surface area contributed by atoms with Gasteiger partial charge < -0.3 is 14.8 Å². The van der Waals surface area contributed by atoms with Crippen molar-refractivity contribution in [3.05, 3.63) is 29.8 Å². The topological polar surface area (TPSA) is 47.6 Å². The van der Waals surface area contributed by atoms with Crippen molar-refractivity contribution >= 4 is 21.8 Å². The Labute approximate surface area is 122 Å². The summed E-state index contributed by atoms with van der Waals surface area (Å²) >= 11 is 3.18. The SMILES string of the molecule is CC(C)OCCCNC(=O)c1ccc(OCBr)cc1. The lowest BCUT2D eigenvalue weighted by Crippen LogP contribution is -2.25. The van der Waals surface area contributed by atoms with E-state index in [-0.39, 0.29) is 12.0 Å². The Morgan fingerprint density at radius 1 is 1.32 bits per heavy atom. The Bertz CT molecular complexity index is 379. The second kappa shape index (κ2) is 8.93. The van der Waals surface area contributed by atoms with Crippen LogP contribution >= 0.6 is 15.9 Å². The number of benzene rings is 1. The summed E-state index contributed by atoms with van der Waals surface area (Å²) < 4.78 is 10.6. The number of carbonyl (C=O) groups excluding carboxylic acids is 1. The van der Waals surface area contributed by atoms with Gasteiger partial charge in [-0.3, -0.25) is 4.79 Å². The fraction of sp³-hybridized carbons (Fsp3) is 0.500. The molecule has 0 aliphatic rings. The highest BCUT2D eigenvalue weighted by atomic mass is 79.9. The molecule has 0 saturated carbocycles. The summed E-state index contributed by atoms with van der Waals surface area (Å²) in [4.78, 5) is 11.8. The zero-order valence-electron chi connectivity index (χ0n) is 11.3. The van der Waals surface area contributed by atoms with Crippen LogP contribution in [0.15, 0.2) is 24.3 Å². The van der Waals surface area contributed by atoms with Gasteiger partial charge in [0.2, 0.25) is 0 Å². The van der Waals surface area contributed by atoms with Gasteiger partial charge in [-0.2, -0.15) is 0 Å². The molecule has 0 aromatic heterocycles. The zero-order valence-corrected chi connectivity index (χ0v) is 12.9. The minimum Gasteiger partial charge on any atom is -0.482 e. The number of amides is 1. The molecule has 0 atom stereocenters. The van der Waals surface area contributed by atoms with E-state index in [0.717, 1.165) is 12.2 Å². The van der Waals surface area contributed by atoms with Crippen LogP contribution < -0.4 is 10.1 Å². The molecule has 0 aliphatic carbocycles. The summed E-state index contributed by atoms with van der Waals surface area (Å²) in [5, 5.41) is 2.86. The molecule has 19 heavy (non-hydrogen) atoms. The van der Waals surface area contributed by atoms with E-state index in [1.54, 1.807) is 24.3 Å². The van der Waals surface area contributed by atoms with Gasteiger partial charge in [0.25, 0.3) is 5.91 Å². The third-order valence-corrected chi connectivity index (χ3v) is 2.62. The number of hydrogen-bond acceptors (Lipinski definition) is 3. The van der Waals surface area contributed by atoms with Gasteiger partial charge in [-0.1, -0.05) is 0 Å². The van der Waals surface area contributed by atoms with Gasteiger partial charge in [0.05, 0.1) is 6.10 Å². The lowest BCUT2D eigenvalue weighted by atomic mass is 10.2. The summed E-state index contributed by atoms with van der Waals surface area (Å²) in [7, 11) is 0. The van der Waals surface area contributed by atoms with E-state index >= 15 is 0 Å². The lowest BCUT2D eigenvalue weighted by molar-refractivity contribution is 0.0757. The van der Waals surface area contributed by atoms with Gasteiger partial charge in [0.15, 0.2) is 0 Å². The Hall–Kier alpha value is -1.07. The van der Waals surface area contributed by atoms with Crippen molar-refractivity contribution in [2.24, 2.45) is 0 Å². The molecule has 0 radical (unpaired) electrons. The van der Waals surface area contributed by atoms with E-state index in [0.29, 0.717) is 24.2 Å². The van der Waals surface area contributed by atoms with Crippen LogP contribution in [0.25, 0.3) is 0 Å². The van der Waals surface area contributed by atoms with Crippen molar-refractivity contribution in [1.82, 2.24) is 5.32 Å². The second-order valence-corrected chi connectivity index (χ2v) is 4.76. The third kappa shape index (κ3) is 6.59. The van der Waals surface area contributed by atoms with E-state index in [2.05, 4.69) is 21.2 Å². The highest BCUT2D eigenvalue weighted by Crippen LogP contribution is 2.12. The van der Waals surface area contributed by atoms with Gasteiger partial charge in [0.1, 0.15) is 11.3 Å². The van der Waals surface area contributed by atoms with E-state index in [1.807, 2.05) is 13.8 Å². The molecule has 1 rings (SSSR count). The normalized spacial score (nSPS) is 10.5. The predicted molar refractivity (Wildman–Crippen MR) is 78.9 cm³/mol. The van der Waals surface area contributed by atoms with Gasteiger partial charge in [-0.25, -0.2) is 0 Å². The standard InChI is InChI=1S/C14H20BrNO3/c1-11(2)18-9-3-8-16-14(17)12-4-6-13(7-5-12)19-10-15/h4-7,11H,3,8-10H2,1-2H3,(H,16,17). The Morgan fingerprint density at radius 3 is 2.58 bits per heavy atom. The lowest BCUT2D eigenvalue weighted by Gasteiger charge is -2.08. The van der Waals surface area contributed by atoms with Crippen molar-refractivity contribution in [3.63, 3.8) is 0 Å². The molecule has 0 fully saturated rings. The average molecular weight is 330 g/mol. The Morgan fingerprint density at radius 2 is 2.00 bits per heavy atom. The number of rotatable bonds is 8. The highest BCUT2D eigenvalue weighted by molar-refractivity contribution is 9.09. The summed E-state index contributed by atoms with van der Waals surface area (Å²) in [5.41, 5.74) is 1.07. The van der Waals surface area contributed by atoms with E-state index in [9.17, 15) is 4.79 Å². The van der Waals surface area contributed by atoms with Gasteiger partial charge in [0, 0.05) is 18.7 Å². The maximum absolute atomic E-state index is 11.8. The molecular formula is C14H20BrNO3. The number of carbonyl (C=O) groups is 1. The minimum atomic E-state index is -0.0741. The van der Waals surface area contributed by atoms with Crippen molar-refractivity contribution in [2.75, 3.05) is 18.7 Å². The molecule has 1 aromatic rings. The molecule has 1 N–H and O–H groups in total. The highest BCUT2D eigenvalue weighted by Gasteiger charge is 2.04. The maximum Gasteiger partial charge on any atom is 0.251 e. The van der Waals surface area contributed by atoms with Crippen LogP contribution in [0.4, 0.5) is 0 Å². The summed E-state index contributed by atoms with van der Waals surface area (Å²) in [6.45, 7) is 5.27. The fourth-order valence-electron chi connectivity index (χ4n) is 1.46. The fourth-order valence-corrected chi connectivity index (χ4v) is 1.73. The molecule has 0 aliphatic heterocycles. The molecule has 1 amide bonds. The van der Waals surface area contributed by atoms with Crippen LogP contribution in [-0.2, 0) is 4.74 Å². The van der Waals surface area contributed by atoms with Crippen LogP contribution in [0.5, 0.6) is 5.75 Å².